The monoisotopic (exact) mass is 140 g/mol. The molecule has 0 saturated carbocycles. The Labute approximate surface area is 57.0 Å². The number of aromatic nitrogens is 2. The SMILES string of the molecule is Cn1[nH]c(=O)cc1C(=N)N. The number of rotatable bonds is 1. The fraction of sp³-hybridized carbons (Fsp3) is 0.200. The van der Waals surface area contributed by atoms with E-state index in [2.05, 4.69) is 5.10 Å². The number of H-pyrrole nitrogens is 1. The molecule has 0 radical (unpaired) electrons. The summed E-state index contributed by atoms with van der Waals surface area (Å²) in [6, 6.07) is 1.28. The number of hydrogen-bond acceptors (Lipinski definition) is 2. The Kier molecular flexibility index (Phi) is 1.33. The van der Waals surface area contributed by atoms with Gasteiger partial charge in [-0.2, -0.15) is 0 Å². The molecule has 5 nitrogen and oxygen atoms in total. The van der Waals surface area contributed by atoms with Gasteiger partial charge < -0.3 is 5.73 Å². The minimum absolute atomic E-state index is 0.110. The van der Waals surface area contributed by atoms with Gasteiger partial charge in [0.25, 0.3) is 5.56 Å². The largest absolute Gasteiger partial charge is 0.382 e. The van der Waals surface area contributed by atoms with Gasteiger partial charge in [0.15, 0.2) is 0 Å². The Bertz CT molecular complexity index is 308. The van der Waals surface area contributed by atoms with E-state index < -0.39 is 0 Å². The van der Waals surface area contributed by atoms with Gasteiger partial charge in [0, 0.05) is 13.1 Å². The lowest BCUT2D eigenvalue weighted by Gasteiger charge is -1.96. The highest BCUT2D eigenvalue weighted by Crippen LogP contribution is 1.87. The van der Waals surface area contributed by atoms with Crippen LogP contribution in [-0.2, 0) is 7.05 Å². The van der Waals surface area contributed by atoms with E-state index in [4.69, 9.17) is 11.1 Å². The van der Waals surface area contributed by atoms with E-state index in [-0.39, 0.29) is 11.4 Å². The van der Waals surface area contributed by atoms with Crippen LogP contribution in [0.3, 0.4) is 0 Å². The van der Waals surface area contributed by atoms with Crippen molar-refractivity contribution in [1.82, 2.24) is 9.78 Å². The molecule has 0 aliphatic carbocycles. The molecule has 4 N–H and O–H groups in total. The number of aryl methyl sites for hydroxylation is 1. The molecule has 10 heavy (non-hydrogen) atoms. The first-order valence-electron chi connectivity index (χ1n) is 2.71. The lowest BCUT2D eigenvalue weighted by molar-refractivity contribution is 0.748. The van der Waals surface area contributed by atoms with Crippen molar-refractivity contribution in [2.75, 3.05) is 0 Å². The molecule has 1 rings (SSSR count). The van der Waals surface area contributed by atoms with Crippen LogP contribution in [0.5, 0.6) is 0 Å². The predicted molar refractivity (Wildman–Crippen MR) is 37.0 cm³/mol. The molecular formula is C5H8N4O. The van der Waals surface area contributed by atoms with Crippen molar-refractivity contribution >= 4 is 5.84 Å². The molecule has 0 unspecified atom stereocenters. The van der Waals surface area contributed by atoms with Crippen LogP contribution in [0.1, 0.15) is 5.69 Å². The number of nitrogens with zero attached hydrogens (tertiary/aromatic N) is 1. The van der Waals surface area contributed by atoms with Crippen LogP contribution < -0.4 is 11.3 Å². The van der Waals surface area contributed by atoms with E-state index >= 15 is 0 Å². The lowest BCUT2D eigenvalue weighted by Crippen LogP contribution is -2.15. The molecule has 0 amide bonds. The maximum Gasteiger partial charge on any atom is 0.264 e. The first-order chi connectivity index (χ1) is 4.61. The van der Waals surface area contributed by atoms with Gasteiger partial charge in [0.05, 0.1) is 0 Å². The molecule has 0 saturated heterocycles. The molecule has 1 aromatic heterocycles. The molecule has 0 fully saturated rings. The molecule has 54 valence electrons. The van der Waals surface area contributed by atoms with Crippen molar-refractivity contribution in [3.8, 4) is 0 Å². The Morgan fingerprint density at radius 1 is 1.90 bits per heavy atom. The summed E-state index contributed by atoms with van der Waals surface area (Å²) < 4.78 is 1.41. The first-order valence-corrected chi connectivity index (χ1v) is 2.71. The fourth-order valence-electron chi connectivity index (χ4n) is 0.737. The van der Waals surface area contributed by atoms with Gasteiger partial charge in [0.1, 0.15) is 11.5 Å². The summed E-state index contributed by atoms with van der Waals surface area (Å²) in [6.45, 7) is 0. The van der Waals surface area contributed by atoms with Gasteiger partial charge in [-0.25, -0.2) is 0 Å². The van der Waals surface area contributed by atoms with E-state index in [1.54, 1.807) is 7.05 Å². The topological polar surface area (TPSA) is 87.7 Å². The summed E-state index contributed by atoms with van der Waals surface area (Å²) in [7, 11) is 1.62. The lowest BCUT2D eigenvalue weighted by atomic mass is 10.4. The summed E-state index contributed by atoms with van der Waals surface area (Å²) in [5, 5.41) is 9.42. The second-order valence-electron chi connectivity index (χ2n) is 1.98. The van der Waals surface area contributed by atoms with Crippen LogP contribution in [0, 0.1) is 5.41 Å². The fourth-order valence-corrected chi connectivity index (χ4v) is 0.737. The summed E-state index contributed by atoms with van der Waals surface area (Å²) in [4.78, 5) is 10.6. The molecule has 0 aromatic carbocycles. The maximum absolute atomic E-state index is 10.6. The van der Waals surface area contributed by atoms with E-state index in [0.717, 1.165) is 0 Å². The average molecular weight is 140 g/mol. The Hall–Kier alpha value is -1.52. The second kappa shape index (κ2) is 2.02. The maximum atomic E-state index is 10.6. The van der Waals surface area contributed by atoms with E-state index in [0.29, 0.717) is 5.69 Å². The van der Waals surface area contributed by atoms with Gasteiger partial charge in [-0.1, -0.05) is 0 Å². The Balaban J connectivity index is 3.28. The van der Waals surface area contributed by atoms with Crippen molar-refractivity contribution in [3.05, 3.63) is 22.1 Å². The van der Waals surface area contributed by atoms with Gasteiger partial charge in [-0.3, -0.25) is 20.0 Å². The van der Waals surface area contributed by atoms with Crippen molar-refractivity contribution in [2.24, 2.45) is 12.8 Å². The van der Waals surface area contributed by atoms with Gasteiger partial charge >= 0.3 is 0 Å². The summed E-state index contributed by atoms with van der Waals surface area (Å²) in [6.07, 6.45) is 0. The molecule has 1 heterocycles. The average Bonchev–Trinajstić information content (AvgIpc) is 2.10. The third-order valence-electron chi connectivity index (χ3n) is 1.18. The number of nitrogens with two attached hydrogens (primary N) is 1. The second-order valence-corrected chi connectivity index (χ2v) is 1.98. The minimum atomic E-state index is -0.243. The van der Waals surface area contributed by atoms with E-state index in [1.165, 1.54) is 10.7 Å². The molecule has 0 bridgehead atoms. The third-order valence-corrected chi connectivity index (χ3v) is 1.18. The highest BCUT2D eigenvalue weighted by atomic mass is 16.1. The number of nitrogens with one attached hydrogen (secondary N) is 2. The zero-order valence-electron chi connectivity index (χ0n) is 5.51. The number of hydrogen-bond donors (Lipinski definition) is 3. The molecule has 0 aliphatic rings. The summed E-state index contributed by atoms with van der Waals surface area (Å²) >= 11 is 0. The smallest absolute Gasteiger partial charge is 0.264 e. The van der Waals surface area contributed by atoms with Crippen molar-refractivity contribution in [1.29, 1.82) is 5.41 Å². The van der Waals surface area contributed by atoms with Crippen LogP contribution in [0.25, 0.3) is 0 Å². The molecule has 1 aromatic rings. The van der Waals surface area contributed by atoms with Crippen LogP contribution >= 0.6 is 0 Å². The van der Waals surface area contributed by atoms with Crippen LogP contribution in [0.2, 0.25) is 0 Å². The van der Waals surface area contributed by atoms with Crippen LogP contribution in [0.4, 0.5) is 0 Å². The van der Waals surface area contributed by atoms with Gasteiger partial charge in [0.2, 0.25) is 0 Å². The van der Waals surface area contributed by atoms with Crippen LogP contribution in [0.15, 0.2) is 10.9 Å². The number of amidine groups is 1. The zero-order valence-corrected chi connectivity index (χ0v) is 5.51. The normalized spacial score (nSPS) is 9.70. The quantitative estimate of drug-likeness (QED) is 0.345. The van der Waals surface area contributed by atoms with E-state index in [9.17, 15) is 4.79 Å². The van der Waals surface area contributed by atoms with E-state index in [1.807, 2.05) is 0 Å². The van der Waals surface area contributed by atoms with Crippen LogP contribution in [-0.4, -0.2) is 15.6 Å². The van der Waals surface area contributed by atoms with Crippen molar-refractivity contribution in [3.63, 3.8) is 0 Å². The molecule has 5 heteroatoms. The number of nitrogen functional groups attached to an aromatic ring is 1. The van der Waals surface area contributed by atoms with Crippen molar-refractivity contribution < 1.29 is 0 Å². The van der Waals surface area contributed by atoms with Gasteiger partial charge in [-0.05, 0) is 0 Å². The summed E-state index contributed by atoms with van der Waals surface area (Å²) in [5.74, 6) is -0.110. The Morgan fingerprint density at radius 3 is 2.70 bits per heavy atom. The molecule has 0 atom stereocenters. The third kappa shape index (κ3) is 0.928. The molecule has 0 spiro atoms. The highest BCUT2D eigenvalue weighted by Gasteiger charge is 2.01. The molecule has 0 aliphatic heterocycles. The standard InChI is InChI=1S/C5H8N4O/c1-9-3(5(6)7)2-4(10)8-9/h2H,1H3,(H3,6,7)(H,8,10). The molecular weight excluding hydrogens is 132 g/mol. The summed E-state index contributed by atoms with van der Waals surface area (Å²) in [5.41, 5.74) is 5.30. The minimum Gasteiger partial charge on any atom is -0.382 e. The van der Waals surface area contributed by atoms with Crippen molar-refractivity contribution in [2.45, 2.75) is 0 Å². The predicted octanol–water partition coefficient (Wildman–Crippen LogP) is -1.00. The highest BCUT2D eigenvalue weighted by molar-refractivity contribution is 5.93. The number of aromatic amines is 1. The van der Waals surface area contributed by atoms with Gasteiger partial charge in [-0.15, -0.1) is 0 Å². The Morgan fingerprint density at radius 2 is 2.50 bits per heavy atom. The zero-order chi connectivity index (χ0) is 7.72. The first kappa shape index (κ1) is 6.60.